The van der Waals surface area contributed by atoms with Crippen molar-refractivity contribution in [1.29, 1.82) is 5.26 Å². The van der Waals surface area contributed by atoms with Crippen molar-refractivity contribution >= 4 is 11.8 Å². The molecule has 1 aromatic heterocycles. The predicted molar refractivity (Wildman–Crippen MR) is 139 cm³/mol. The molecule has 0 radical (unpaired) electrons. The summed E-state index contributed by atoms with van der Waals surface area (Å²) >= 11 is 0. The summed E-state index contributed by atoms with van der Waals surface area (Å²) in [5.74, 6) is -0.567. The predicted octanol–water partition coefficient (Wildman–Crippen LogP) is 1.12. The van der Waals surface area contributed by atoms with Crippen LogP contribution in [0.15, 0.2) is 48.7 Å². The topological polar surface area (TPSA) is 180 Å². The third-order valence-electron chi connectivity index (χ3n) is 7.62. The van der Waals surface area contributed by atoms with Crippen molar-refractivity contribution in [3.05, 3.63) is 87.9 Å². The van der Waals surface area contributed by atoms with E-state index in [-0.39, 0.29) is 6.04 Å². The third-order valence-corrected chi connectivity index (χ3v) is 7.62. The number of amides is 2. The van der Waals surface area contributed by atoms with Crippen molar-refractivity contribution in [3.8, 4) is 6.07 Å². The molecular formula is C27H29N9O2. The number of aromatic nitrogens is 4. The summed E-state index contributed by atoms with van der Waals surface area (Å²) in [7, 11) is 0. The van der Waals surface area contributed by atoms with Crippen LogP contribution >= 0.6 is 0 Å². The van der Waals surface area contributed by atoms with E-state index in [0.29, 0.717) is 42.9 Å². The van der Waals surface area contributed by atoms with E-state index in [1.807, 2.05) is 12.1 Å². The zero-order valence-corrected chi connectivity index (χ0v) is 20.9. The minimum absolute atomic E-state index is 0.133. The summed E-state index contributed by atoms with van der Waals surface area (Å²) in [6.45, 7) is 6.12. The maximum Gasteiger partial charge on any atom is 0.248 e. The van der Waals surface area contributed by atoms with Crippen LogP contribution in [-0.4, -0.2) is 63.0 Å². The van der Waals surface area contributed by atoms with Gasteiger partial charge in [0.05, 0.1) is 11.5 Å². The van der Waals surface area contributed by atoms with Crippen molar-refractivity contribution < 1.29 is 9.59 Å². The van der Waals surface area contributed by atoms with Crippen LogP contribution in [0.1, 0.15) is 68.1 Å². The lowest BCUT2D eigenvalue weighted by molar-refractivity contribution is 0.0992. The van der Waals surface area contributed by atoms with E-state index in [1.165, 1.54) is 0 Å². The largest absolute Gasteiger partial charge is 0.366 e. The average Bonchev–Trinajstić information content (AvgIpc) is 3.62. The second-order valence-electron chi connectivity index (χ2n) is 9.76. The van der Waals surface area contributed by atoms with Crippen LogP contribution in [0.5, 0.6) is 0 Å². The Morgan fingerprint density at radius 3 is 2.37 bits per heavy atom. The molecule has 0 bridgehead atoms. The number of nitrogens with two attached hydrogens (primary N) is 2. The molecule has 2 aliphatic rings. The Morgan fingerprint density at radius 1 is 1.16 bits per heavy atom. The van der Waals surface area contributed by atoms with Crippen LogP contribution in [0, 0.1) is 11.3 Å². The lowest BCUT2D eigenvalue weighted by Gasteiger charge is -2.39. The van der Waals surface area contributed by atoms with E-state index < -0.39 is 17.2 Å². The van der Waals surface area contributed by atoms with Crippen molar-refractivity contribution in [2.24, 2.45) is 11.5 Å². The Labute approximate surface area is 219 Å². The molecule has 11 nitrogen and oxygen atoms in total. The molecule has 11 heteroatoms. The summed E-state index contributed by atoms with van der Waals surface area (Å²) < 4.78 is 0. The maximum atomic E-state index is 12.0. The highest BCUT2D eigenvalue weighted by Crippen LogP contribution is 2.47. The first-order chi connectivity index (χ1) is 18.3. The van der Waals surface area contributed by atoms with Gasteiger partial charge in [0.15, 0.2) is 5.82 Å². The molecule has 1 saturated heterocycles. The maximum absolute atomic E-state index is 12.0. The summed E-state index contributed by atoms with van der Waals surface area (Å²) in [5.41, 5.74) is 15.7. The number of H-pyrrole nitrogens is 1. The molecule has 1 fully saturated rings. The molecule has 3 aromatic rings. The normalized spacial score (nSPS) is 17.3. The van der Waals surface area contributed by atoms with Gasteiger partial charge in [-0.15, -0.1) is 10.2 Å². The lowest BCUT2D eigenvalue weighted by atomic mass is 9.63. The molecule has 0 saturated carbocycles. The van der Waals surface area contributed by atoms with Gasteiger partial charge in [0, 0.05) is 29.9 Å². The van der Waals surface area contributed by atoms with Crippen molar-refractivity contribution in [1.82, 2.24) is 30.8 Å². The summed E-state index contributed by atoms with van der Waals surface area (Å²) in [6.07, 6.45) is 2.87. The molecule has 2 aromatic carbocycles. The molecule has 194 valence electrons. The number of hydrogen-bond acceptors (Lipinski definition) is 8. The zero-order valence-electron chi connectivity index (χ0n) is 20.9. The van der Waals surface area contributed by atoms with Gasteiger partial charge in [-0.1, -0.05) is 23.9 Å². The van der Waals surface area contributed by atoms with Gasteiger partial charge in [-0.05, 0) is 78.7 Å². The van der Waals surface area contributed by atoms with Crippen LogP contribution in [-0.2, 0) is 11.8 Å². The van der Waals surface area contributed by atoms with E-state index in [2.05, 4.69) is 43.5 Å². The van der Waals surface area contributed by atoms with E-state index in [4.69, 9.17) is 11.5 Å². The van der Waals surface area contributed by atoms with Gasteiger partial charge >= 0.3 is 0 Å². The number of primary amides is 2. The number of nitrogens with zero attached hydrogens (tertiary/aromatic N) is 5. The monoisotopic (exact) mass is 511 g/mol. The Morgan fingerprint density at radius 2 is 1.82 bits per heavy atom. The first-order valence-corrected chi connectivity index (χ1v) is 12.5. The molecule has 5 rings (SSSR count). The summed E-state index contributed by atoms with van der Waals surface area (Å²) in [4.78, 5) is 26.0. The molecule has 6 N–H and O–H groups in total. The average molecular weight is 512 g/mol. The molecule has 1 aliphatic carbocycles. The van der Waals surface area contributed by atoms with Gasteiger partial charge in [-0.2, -0.15) is 10.5 Å². The molecule has 38 heavy (non-hydrogen) atoms. The number of likely N-dealkylation sites (tertiary alicyclic amines) is 1. The quantitative estimate of drug-likeness (QED) is 0.308. The molecule has 1 atom stereocenters. The van der Waals surface area contributed by atoms with Crippen LogP contribution < -0.4 is 16.8 Å². The van der Waals surface area contributed by atoms with Gasteiger partial charge < -0.3 is 21.7 Å². The van der Waals surface area contributed by atoms with E-state index in [1.54, 1.807) is 24.3 Å². The van der Waals surface area contributed by atoms with Gasteiger partial charge in [0.25, 0.3) is 0 Å². The van der Waals surface area contributed by atoms with Gasteiger partial charge in [0.2, 0.25) is 11.8 Å². The fourth-order valence-electron chi connectivity index (χ4n) is 5.82. The fourth-order valence-corrected chi connectivity index (χ4v) is 5.82. The van der Waals surface area contributed by atoms with Crippen molar-refractivity contribution in [2.45, 2.75) is 37.1 Å². The highest BCUT2D eigenvalue weighted by atomic mass is 16.1. The zero-order chi connectivity index (χ0) is 26.9. The van der Waals surface area contributed by atoms with Crippen LogP contribution in [0.4, 0.5) is 0 Å². The molecule has 0 spiro atoms. The number of tetrazole rings is 1. The minimum atomic E-state index is -0.820. The second kappa shape index (κ2) is 10.1. The number of nitriles is 1. The highest BCUT2D eigenvalue weighted by molar-refractivity contribution is 5.94. The third kappa shape index (κ3) is 4.29. The van der Waals surface area contributed by atoms with Crippen LogP contribution in [0.2, 0.25) is 0 Å². The van der Waals surface area contributed by atoms with Crippen molar-refractivity contribution in [3.63, 3.8) is 0 Å². The lowest BCUT2D eigenvalue weighted by Crippen LogP contribution is -2.40. The molecule has 1 aliphatic heterocycles. The number of rotatable bonds is 9. The summed E-state index contributed by atoms with van der Waals surface area (Å²) in [6, 6.07) is 13.0. The number of aromatic amines is 1. The summed E-state index contributed by atoms with van der Waals surface area (Å²) in [5, 5.41) is 28.1. The van der Waals surface area contributed by atoms with Crippen LogP contribution in [0.3, 0.4) is 0 Å². The Kier molecular flexibility index (Phi) is 6.65. The van der Waals surface area contributed by atoms with Crippen molar-refractivity contribution in [2.75, 3.05) is 19.6 Å². The molecule has 1 unspecified atom stereocenters. The standard InChI is InChI=1S/C27H29N9O2/c1-16(36-10-2-3-21(36)14-28)15-31-9-8-27(26-32-34-35-33-26)22-6-4-17(24(29)37)11-19(22)13-20-12-18(25(30)38)5-7-23(20)27/h4-7,11-12,21,31H,1-3,8-10,13,15H2,(H2,29,37)(H2,30,38)(H,32,33,34,35). The molecule has 2 heterocycles. The van der Waals surface area contributed by atoms with Gasteiger partial charge in [-0.3, -0.25) is 9.59 Å². The second-order valence-corrected chi connectivity index (χ2v) is 9.76. The minimum Gasteiger partial charge on any atom is -0.366 e. The number of fused-ring (bicyclic) bond motifs is 2. The Bertz CT molecular complexity index is 1380. The smallest absolute Gasteiger partial charge is 0.248 e. The SMILES string of the molecule is C=C(CNCCC1(c2nn[nH]n2)c2ccc(C(N)=O)cc2Cc2cc(C(N)=O)ccc21)N1CCCC1C#N. The fraction of sp³-hybridized carbons (Fsp3) is 0.333. The molecular weight excluding hydrogens is 482 g/mol. The first kappa shape index (κ1) is 25.1. The Balaban J connectivity index is 1.52. The number of carbonyl (C=O) groups excluding carboxylic acids is 2. The Hall–Kier alpha value is -4.56. The van der Waals surface area contributed by atoms with Gasteiger partial charge in [-0.25, -0.2) is 0 Å². The van der Waals surface area contributed by atoms with E-state index in [0.717, 1.165) is 47.3 Å². The van der Waals surface area contributed by atoms with E-state index in [9.17, 15) is 14.9 Å². The first-order valence-electron chi connectivity index (χ1n) is 12.5. The van der Waals surface area contributed by atoms with E-state index >= 15 is 0 Å². The van der Waals surface area contributed by atoms with Crippen LogP contribution in [0.25, 0.3) is 0 Å². The molecule has 2 amide bonds. The number of hydrogen-bond donors (Lipinski definition) is 4. The van der Waals surface area contributed by atoms with Gasteiger partial charge in [0.1, 0.15) is 6.04 Å². The number of nitrogens with one attached hydrogen (secondary N) is 2. The number of carbonyl (C=O) groups is 2. The number of benzene rings is 2. The highest BCUT2D eigenvalue weighted by Gasteiger charge is 2.45.